The molecule has 8 rings (SSSR count). The first kappa shape index (κ1) is 44.6. The zero-order chi connectivity index (χ0) is 44.0. The van der Waals surface area contributed by atoms with E-state index in [1.165, 1.54) is 83.4 Å². The highest BCUT2D eigenvalue weighted by molar-refractivity contribution is 5.89. The van der Waals surface area contributed by atoms with Crippen molar-refractivity contribution in [1.82, 2.24) is 39.7 Å². The number of aromatic nitrogens is 6. The second-order valence-corrected chi connectivity index (χ2v) is 15.7. The molecule has 0 atom stereocenters. The molecule has 2 saturated heterocycles. The maximum Gasteiger partial charge on any atom is 0.233 e. The van der Waals surface area contributed by atoms with Gasteiger partial charge in [-0.05, 0) is 141 Å². The second-order valence-electron chi connectivity index (χ2n) is 15.7. The van der Waals surface area contributed by atoms with Gasteiger partial charge >= 0.3 is 0 Å². The molecule has 0 radical (unpaired) electrons. The van der Waals surface area contributed by atoms with Gasteiger partial charge in [0.05, 0.1) is 12.4 Å². The number of benzene rings is 2. The van der Waals surface area contributed by atoms with Crippen LogP contribution in [-0.2, 0) is 9.68 Å². The van der Waals surface area contributed by atoms with E-state index in [-0.39, 0.29) is 34.9 Å². The standard InChI is InChI=1S/C23H29FN6O2.C22H27FN6O2/c1-16-13-17-19(29-16)7-8-20(21(17)24)32-23-18(22(25)26-15-27-23)14-28-31-12-6-5-11-30-9-3-2-4-10-30;1-15-12-16-18(28-15)6-7-19(20(16)23)31-22-17(21(24)25-14-26-22)13-27-30-11-5-4-10-29-8-2-3-9-29/h7-8,13-15,29H,2-6,9-12H2,1H3,(H2,25,26,27);6-7,12-14,28H,2-5,8-11H2,1H3,(H2,24,25,26)/b28-14+;27-13+. The lowest BCUT2D eigenvalue weighted by molar-refractivity contribution is 0.135. The molecule has 0 amide bonds. The molecule has 6 aromatic rings. The molecule has 334 valence electrons. The van der Waals surface area contributed by atoms with Gasteiger partial charge in [-0.2, -0.15) is 0 Å². The number of fused-ring (bicyclic) bond motifs is 2. The summed E-state index contributed by atoms with van der Waals surface area (Å²) in [6.45, 7) is 11.7. The molecule has 2 aliphatic heterocycles. The SMILES string of the molecule is Cc1cc2c(F)c(Oc3ncnc(N)c3/C=N/OCCCCN3CCCC3)ccc2[nH]1.Cc1cc2c(F)c(Oc3ncnc(N)c3/C=N/OCCCCN3CCCCC3)ccc2[nH]1. The third-order valence-corrected chi connectivity index (χ3v) is 10.9. The molecule has 0 bridgehead atoms. The van der Waals surface area contributed by atoms with E-state index in [4.69, 9.17) is 30.6 Å². The molecule has 2 aliphatic rings. The summed E-state index contributed by atoms with van der Waals surface area (Å²) in [6.07, 6.45) is 15.9. The number of likely N-dealkylation sites (tertiary alicyclic amines) is 2. The summed E-state index contributed by atoms with van der Waals surface area (Å²) in [5.74, 6) is -0.297. The van der Waals surface area contributed by atoms with E-state index in [9.17, 15) is 8.78 Å². The number of aryl methyl sites for hydroxylation is 2. The first-order chi connectivity index (χ1) is 30.7. The number of nitrogens with one attached hydrogen (secondary N) is 2. The molecule has 16 nitrogen and oxygen atoms in total. The van der Waals surface area contributed by atoms with Crippen molar-refractivity contribution >= 4 is 45.9 Å². The summed E-state index contributed by atoms with van der Waals surface area (Å²) >= 11 is 0. The predicted octanol–water partition coefficient (Wildman–Crippen LogP) is 8.40. The van der Waals surface area contributed by atoms with E-state index < -0.39 is 11.6 Å². The average Bonchev–Trinajstić information content (AvgIpc) is 4.04. The summed E-state index contributed by atoms with van der Waals surface area (Å²) in [7, 11) is 0. The molecule has 2 aromatic carbocycles. The van der Waals surface area contributed by atoms with Crippen LogP contribution in [0.5, 0.6) is 23.3 Å². The van der Waals surface area contributed by atoms with Crippen molar-refractivity contribution in [3.63, 3.8) is 0 Å². The van der Waals surface area contributed by atoms with E-state index in [1.807, 2.05) is 13.8 Å². The van der Waals surface area contributed by atoms with Gasteiger partial charge in [-0.1, -0.05) is 16.7 Å². The van der Waals surface area contributed by atoms with Gasteiger partial charge in [0.2, 0.25) is 11.8 Å². The Morgan fingerprint density at radius 3 is 1.49 bits per heavy atom. The molecular formula is C45H56F2N12O4. The molecule has 6 heterocycles. The van der Waals surface area contributed by atoms with Crippen LogP contribution in [0.25, 0.3) is 21.8 Å². The first-order valence-corrected chi connectivity index (χ1v) is 21.6. The first-order valence-electron chi connectivity index (χ1n) is 21.6. The van der Waals surface area contributed by atoms with Crippen LogP contribution in [-0.4, -0.2) is 105 Å². The van der Waals surface area contributed by atoms with Crippen LogP contribution in [0.4, 0.5) is 20.4 Å². The Balaban J connectivity index is 0.000000189. The number of nitrogen functional groups attached to an aromatic ring is 2. The van der Waals surface area contributed by atoms with Crippen molar-refractivity contribution in [2.75, 3.05) is 63.9 Å². The zero-order valence-corrected chi connectivity index (χ0v) is 35.9. The zero-order valence-electron chi connectivity index (χ0n) is 35.9. The van der Waals surface area contributed by atoms with Crippen LogP contribution in [0.1, 0.15) is 80.3 Å². The fourth-order valence-electron chi connectivity index (χ4n) is 7.61. The van der Waals surface area contributed by atoms with E-state index >= 15 is 0 Å². The Morgan fingerprint density at radius 2 is 1.05 bits per heavy atom. The summed E-state index contributed by atoms with van der Waals surface area (Å²) in [5.41, 5.74) is 15.7. The summed E-state index contributed by atoms with van der Waals surface area (Å²) in [5, 5.41) is 8.86. The molecule has 0 aliphatic carbocycles. The fraction of sp³-hybridized carbons (Fsp3) is 0.422. The van der Waals surface area contributed by atoms with Gasteiger partial charge < -0.3 is 50.4 Å². The number of unbranched alkanes of at least 4 members (excludes halogenated alkanes) is 2. The van der Waals surface area contributed by atoms with Gasteiger partial charge in [-0.25, -0.2) is 28.7 Å². The highest BCUT2D eigenvalue weighted by atomic mass is 19.1. The second kappa shape index (κ2) is 22.1. The highest BCUT2D eigenvalue weighted by Crippen LogP contribution is 2.33. The van der Waals surface area contributed by atoms with Crippen LogP contribution in [0, 0.1) is 25.5 Å². The molecule has 0 spiro atoms. The minimum absolute atomic E-state index is 0.0436. The van der Waals surface area contributed by atoms with Crippen molar-refractivity contribution in [3.8, 4) is 23.3 Å². The number of nitrogens with two attached hydrogens (primary N) is 2. The topological polar surface area (TPSA) is 203 Å². The van der Waals surface area contributed by atoms with Crippen molar-refractivity contribution in [3.05, 3.63) is 83.2 Å². The normalized spacial score (nSPS) is 14.8. The van der Waals surface area contributed by atoms with Crippen molar-refractivity contribution < 1.29 is 27.9 Å². The van der Waals surface area contributed by atoms with Gasteiger partial charge in [0.15, 0.2) is 23.1 Å². The predicted molar refractivity (Wildman–Crippen MR) is 241 cm³/mol. The van der Waals surface area contributed by atoms with Crippen LogP contribution in [0.3, 0.4) is 0 Å². The molecule has 2 fully saturated rings. The summed E-state index contributed by atoms with van der Waals surface area (Å²) in [6, 6.07) is 10.1. The maximum atomic E-state index is 14.9. The molecule has 0 saturated carbocycles. The van der Waals surface area contributed by atoms with E-state index in [1.54, 1.807) is 36.4 Å². The van der Waals surface area contributed by atoms with Gasteiger partial charge in [0.25, 0.3) is 0 Å². The lowest BCUT2D eigenvalue weighted by Crippen LogP contribution is -2.30. The molecule has 18 heteroatoms. The van der Waals surface area contributed by atoms with Crippen LogP contribution in [0.15, 0.2) is 59.4 Å². The Morgan fingerprint density at radius 1 is 0.619 bits per heavy atom. The monoisotopic (exact) mass is 866 g/mol. The highest BCUT2D eigenvalue weighted by Gasteiger charge is 2.18. The third kappa shape index (κ3) is 12.2. The number of hydrogen-bond acceptors (Lipinski definition) is 14. The van der Waals surface area contributed by atoms with Gasteiger partial charge in [0, 0.05) is 33.2 Å². The number of rotatable bonds is 18. The Labute approximate surface area is 365 Å². The molecule has 4 aromatic heterocycles. The summed E-state index contributed by atoms with van der Waals surface area (Å²) < 4.78 is 41.2. The van der Waals surface area contributed by atoms with Gasteiger partial charge in [-0.15, -0.1) is 0 Å². The minimum atomic E-state index is -0.476. The Kier molecular flexibility index (Phi) is 15.7. The lowest BCUT2D eigenvalue weighted by atomic mass is 10.1. The number of H-pyrrole nitrogens is 2. The number of halogens is 2. The van der Waals surface area contributed by atoms with E-state index in [2.05, 4.69) is 50.0 Å². The van der Waals surface area contributed by atoms with Crippen molar-refractivity contribution in [2.24, 2.45) is 10.3 Å². The number of ether oxygens (including phenoxy) is 2. The maximum absolute atomic E-state index is 14.9. The number of aromatic amines is 2. The lowest BCUT2D eigenvalue weighted by Gasteiger charge is -2.26. The van der Waals surface area contributed by atoms with Crippen LogP contribution < -0.4 is 20.9 Å². The number of hydrogen-bond donors (Lipinski definition) is 4. The smallest absolute Gasteiger partial charge is 0.233 e. The van der Waals surface area contributed by atoms with E-state index in [0.717, 1.165) is 50.2 Å². The Hall–Kier alpha value is -6.40. The quantitative estimate of drug-likeness (QED) is 0.0365. The minimum Gasteiger partial charge on any atom is -0.435 e. The van der Waals surface area contributed by atoms with Crippen molar-refractivity contribution in [2.45, 2.75) is 71.6 Å². The Bertz CT molecular complexity index is 2480. The molecule has 6 N–H and O–H groups in total. The third-order valence-electron chi connectivity index (χ3n) is 10.9. The average molecular weight is 867 g/mol. The van der Waals surface area contributed by atoms with Gasteiger partial charge in [0.1, 0.15) is 48.6 Å². The summed E-state index contributed by atoms with van der Waals surface area (Å²) in [4.78, 5) is 38.0. The van der Waals surface area contributed by atoms with Crippen molar-refractivity contribution in [1.29, 1.82) is 0 Å². The largest absolute Gasteiger partial charge is 0.435 e. The van der Waals surface area contributed by atoms with Crippen LogP contribution in [0.2, 0.25) is 0 Å². The molecular weight excluding hydrogens is 811 g/mol. The number of oxime groups is 2. The number of nitrogens with zero attached hydrogens (tertiary/aromatic N) is 8. The van der Waals surface area contributed by atoms with Gasteiger partial charge in [-0.3, -0.25) is 0 Å². The van der Waals surface area contributed by atoms with Crippen LogP contribution >= 0.6 is 0 Å². The molecule has 63 heavy (non-hydrogen) atoms. The van der Waals surface area contributed by atoms with E-state index in [0.29, 0.717) is 46.1 Å². The fourth-order valence-corrected chi connectivity index (χ4v) is 7.61. The molecule has 0 unspecified atom stereocenters. The number of anilines is 2. The number of piperidine rings is 1.